The SMILES string of the molecule is CCOCCCC1Cc2ccccc2C1=O. The van der Waals surface area contributed by atoms with Crippen molar-refractivity contribution in [3.05, 3.63) is 35.4 Å². The maximum Gasteiger partial charge on any atom is 0.166 e. The van der Waals surface area contributed by atoms with Crippen LogP contribution in [0.1, 0.15) is 35.7 Å². The van der Waals surface area contributed by atoms with Crippen LogP contribution < -0.4 is 0 Å². The average molecular weight is 218 g/mol. The van der Waals surface area contributed by atoms with E-state index < -0.39 is 0 Å². The molecule has 86 valence electrons. The molecule has 0 aromatic heterocycles. The van der Waals surface area contributed by atoms with Crippen LogP contribution in [0.5, 0.6) is 0 Å². The fourth-order valence-electron chi connectivity index (χ4n) is 2.33. The molecule has 1 atom stereocenters. The molecule has 1 aromatic rings. The van der Waals surface area contributed by atoms with Crippen LogP contribution in [0.15, 0.2) is 24.3 Å². The second-order valence-corrected chi connectivity index (χ2v) is 4.26. The van der Waals surface area contributed by atoms with Crippen LogP contribution in [-0.2, 0) is 11.2 Å². The van der Waals surface area contributed by atoms with Crippen molar-refractivity contribution in [3.63, 3.8) is 0 Å². The summed E-state index contributed by atoms with van der Waals surface area (Å²) in [5, 5.41) is 0. The maximum atomic E-state index is 12.0. The molecule has 0 saturated carbocycles. The molecule has 16 heavy (non-hydrogen) atoms. The molecule has 0 radical (unpaired) electrons. The first-order valence-corrected chi connectivity index (χ1v) is 6.02. The Kier molecular flexibility index (Phi) is 3.73. The predicted molar refractivity (Wildman–Crippen MR) is 63.7 cm³/mol. The molecule has 0 aliphatic heterocycles. The number of carbonyl (C=O) groups excluding carboxylic acids is 1. The molecule has 1 aliphatic rings. The van der Waals surface area contributed by atoms with Gasteiger partial charge in [-0.1, -0.05) is 24.3 Å². The summed E-state index contributed by atoms with van der Waals surface area (Å²) in [4.78, 5) is 12.0. The van der Waals surface area contributed by atoms with E-state index in [1.54, 1.807) is 0 Å². The van der Waals surface area contributed by atoms with Crippen LogP contribution in [0.4, 0.5) is 0 Å². The first-order valence-electron chi connectivity index (χ1n) is 6.02. The highest BCUT2D eigenvalue weighted by Crippen LogP contribution is 2.29. The fourth-order valence-corrected chi connectivity index (χ4v) is 2.33. The van der Waals surface area contributed by atoms with E-state index in [0.29, 0.717) is 5.78 Å². The van der Waals surface area contributed by atoms with Gasteiger partial charge in [-0.15, -0.1) is 0 Å². The summed E-state index contributed by atoms with van der Waals surface area (Å²) in [6.45, 7) is 3.53. The minimum Gasteiger partial charge on any atom is -0.382 e. The Morgan fingerprint density at radius 3 is 2.94 bits per heavy atom. The van der Waals surface area contributed by atoms with E-state index in [2.05, 4.69) is 6.07 Å². The highest BCUT2D eigenvalue weighted by atomic mass is 16.5. The van der Waals surface area contributed by atoms with E-state index in [4.69, 9.17) is 4.74 Å². The molecule has 2 rings (SSSR count). The molecule has 0 heterocycles. The molecular weight excluding hydrogens is 200 g/mol. The van der Waals surface area contributed by atoms with Crippen molar-refractivity contribution in [3.8, 4) is 0 Å². The van der Waals surface area contributed by atoms with Gasteiger partial charge >= 0.3 is 0 Å². The molecule has 0 fully saturated rings. The summed E-state index contributed by atoms with van der Waals surface area (Å²) >= 11 is 0. The lowest BCUT2D eigenvalue weighted by Crippen LogP contribution is -2.10. The van der Waals surface area contributed by atoms with Crippen molar-refractivity contribution < 1.29 is 9.53 Å². The molecule has 2 heteroatoms. The smallest absolute Gasteiger partial charge is 0.166 e. The van der Waals surface area contributed by atoms with Crippen LogP contribution in [0.2, 0.25) is 0 Å². The topological polar surface area (TPSA) is 26.3 Å². The van der Waals surface area contributed by atoms with Gasteiger partial charge in [0.05, 0.1) is 0 Å². The molecule has 0 spiro atoms. The molecular formula is C14H18O2. The highest BCUT2D eigenvalue weighted by Gasteiger charge is 2.29. The molecule has 0 N–H and O–H groups in total. The van der Waals surface area contributed by atoms with E-state index in [-0.39, 0.29) is 5.92 Å². The third-order valence-electron chi connectivity index (χ3n) is 3.17. The van der Waals surface area contributed by atoms with E-state index in [1.165, 1.54) is 5.56 Å². The van der Waals surface area contributed by atoms with Gasteiger partial charge in [-0.05, 0) is 31.7 Å². The lowest BCUT2D eigenvalue weighted by atomic mass is 9.99. The number of hydrogen-bond acceptors (Lipinski definition) is 2. The van der Waals surface area contributed by atoms with Crippen molar-refractivity contribution in [2.75, 3.05) is 13.2 Å². The number of ether oxygens (including phenoxy) is 1. The lowest BCUT2D eigenvalue weighted by Gasteiger charge is -2.07. The third-order valence-corrected chi connectivity index (χ3v) is 3.17. The molecule has 1 aliphatic carbocycles. The van der Waals surface area contributed by atoms with Gasteiger partial charge < -0.3 is 4.74 Å². The minimum atomic E-state index is 0.192. The van der Waals surface area contributed by atoms with E-state index in [1.807, 2.05) is 25.1 Å². The number of fused-ring (bicyclic) bond motifs is 1. The number of Topliss-reactive ketones (excluding diaryl/α,β-unsaturated/α-hetero) is 1. The normalized spacial score (nSPS) is 18.8. The van der Waals surface area contributed by atoms with Gasteiger partial charge in [0.2, 0.25) is 0 Å². The Balaban J connectivity index is 1.89. The number of hydrogen-bond donors (Lipinski definition) is 0. The zero-order valence-corrected chi connectivity index (χ0v) is 9.74. The predicted octanol–water partition coefficient (Wildman–Crippen LogP) is 2.86. The molecule has 0 saturated heterocycles. The lowest BCUT2D eigenvalue weighted by molar-refractivity contribution is 0.0913. The van der Waals surface area contributed by atoms with Gasteiger partial charge in [0.1, 0.15) is 0 Å². The second-order valence-electron chi connectivity index (χ2n) is 4.26. The average Bonchev–Trinajstić information content (AvgIpc) is 2.63. The number of ketones is 1. The van der Waals surface area contributed by atoms with Crippen LogP contribution in [0.3, 0.4) is 0 Å². The maximum absolute atomic E-state index is 12.0. The van der Waals surface area contributed by atoms with Gasteiger partial charge in [0.25, 0.3) is 0 Å². The summed E-state index contributed by atoms with van der Waals surface area (Å²) in [6.07, 6.45) is 2.85. The van der Waals surface area contributed by atoms with Gasteiger partial charge in [-0.25, -0.2) is 0 Å². The number of benzene rings is 1. The first kappa shape index (κ1) is 11.3. The van der Waals surface area contributed by atoms with Crippen molar-refractivity contribution >= 4 is 5.78 Å². The van der Waals surface area contributed by atoms with Gasteiger partial charge in [0.15, 0.2) is 5.78 Å². The molecule has 1 aromatic carbocycles. The Hall–Kier alpha value is -1.15. The zero-order valence-electron chi connectivity index (χ0n) is 9.74. The molecule has 0 amide bonds. The minimum absolute atomic E-state index is 0.192. The van der Waals surface area contributed by atoms with Crippen LogP contribution in [0.25, 0.3) is 0 Å². The standard InChI is InChI=1S/C14H18O2/c1-2-16-9-5-7-12-10-11-6-3-4-8-13(11)14(12)15/h3-4,6,8,12H,2,5,7,9-10H2,1H3. The fraction of sp³-hybridized carbons (Fsp3) is 0.500. The summed E-state index contributed by atoms with van der Waals surface area (Å²) in [5.74, 6) is 0.518. The van der Waals surface area contributed by atoms with Crippen molar-refractivity contribution in [1.82, 2.24) is 0 Å². The van der Waals surface area contributed by atoms with E-state index in [0.717, 1.165) is 38.0 Å². The Morgan fingerprint density at radius 1 is 1.38 bits per heavy atom. The summed E-state index contributed by atoms with van der Waals surface area (Å²) in [7, 11) is 0. The van der Waals surface area contributed by atoms with Crippen molar-refractivity contribution in [2.24, 2.45) is 5.92 Å². The Morgan fingerprint density at radius 2 is 2.19 bits per heavy atom. The largest absolute Gasteiger partial charge is 0.382 e. The summed E-state index contributed by atoms with van der Waals surface area (Å²) in [6, 6.07) is 7.96. The van der Waals surface area contributed by atoms with Crippen LogP contribution in [-0.4, -0.2) is 19.0 Å². The summed E-state index contributed by atoms with van der Waals surface area (Å²) < 4.78 is 5.29. The van der Waals surface area contributed by atoms with E-state index >= 15 is 0 Å². The molecule has 0 bridgehead atoms. The first-order chi connectivity index (χ1) is 7.83. The monoisotopic (exact) mass is 218 g/mol. The van der Waals surface area contributed by atoms with Crippen molar-refractivity contribution in [2.45, 2.75) is 26.2 Å². The van der Waals surface area contributed by atoms with Gasteiger partial charge in [-0.2, -0.15) is 0 Å². The van der Waals surface area contributed by atoms with Gasteiger partial charge in [0, 0.05) is 24.7 Å². The number of rotatable bonds is 5. The Labute approximate surface area is 96.6 Å². The number of carbonyl (C=O) groups is 1. The van der Waals surface area contributed by atoms with Crippen LogP contribution >= 0.6 is 0 Å². The highest BCUT2D eigenvalue weighted by molar-refractivity contribution is 6.02. The van der Waals surface area contributed by atoms with Gasteiger partial charge in [-0.3, -0.25) is 4.79 Å². The van der Waals surface area contributed by atoms with E-state index in [9.17, 15) is 4.79 Å². The third kappa shape index (κ3) is 2.33. The molecule has 2 nitrogen and oxygen atoms in total. The van der Waals surface area contributed by atoms with Crippen LogP contribution in [0, 0.1) is 5.92 Å². The molecule has 1 unspecified atom stereocenters. The quantitative estimate of drug-likeness (QED) is 0.710. The zero-order chi connectivity index (χ0) is 11.4. The Bertz CT molecular complexity index is 371. The summed E-state index contributed by atoms with van der Waals surface area (Å²) in [5.41, 5.74) is 2.15. The second kappa shape index (κ2) is 5.26. The van der Waals surface area contributed by atoms with Crippen molar-refractivity contribution in [1.29, 1.82) is 0 Å².